The van der Waals surface area contributed by atoms with E-state index in [1.54, 1.807) is 0 Å². The van der Waals surface area contributed by atoms with E-state index in [4.69, 9.17) is 4.74 Å². The molecule has 2 rings (SSSR count). The molecule has 0 bridgehead atoms. The molecule has 0 spiro atoms. The first-order valence-electron chi connectivity index (χ1n) is 6.38. The van der Waals surface area contributed by atoms with E-state index in [0.717, 1.165) is 12.2 Å². The Balaban J connectivity index is 2.48. The Morgan fingerprint density at radius 1 is 1.35 bits per heavy atom. The van der Waals surface area contributed by atoms with E-state index in [1.807, 2.05) is 0 Å². The summed E-state index contributed by atoms with van der Waals surface area (Å²) in [6.07, 6.45) is 3.61. The number of rotatable bonds is 0. The highest BCUT2D eigenvalue weighted by Crippen LogP contribution is 2.39. The van der Waals surface area contributed by atoms with Gasteiger partial charge in [-0.2, -0.15) is 0 Å². The number of hydrogen-bond donors (Lipinski definition) is 0. The van der Waals surface area contributed by atoms with Crippen LogP contribution in [0.2, 0.25) is 0 Å². The Morgan fingerprint density at radius 2 is 2.06 bits per heavy atom. The van der Waals surface area contributed by atoms with Crippen LogP contribution in [0.1, 0.15) is 57.1 Å². The Labute approximate surface area is 113 Å². The lowest BCUT2D eigenvalue weighted by atomic mass is 9.89. The zero-order chi connectivity index (χ0) is 12.6. The minimum atomic E-state index is -0.0465. The predicted octanol–water partition coefficient (Wildman–Crippen LogP) is 5.20. The van der Waals surface area contributed by atoms with Crippen LogP contribution in [0.25, 0.3) is 0 Å². The van der Waals surface area contributed by atoms with Crippen molar-refractivity contribution in [2.75, 3.05) is 0 Å². The fraction of sp³-hybridized carbons (Fsp3) is 0.600. The molecule has 0 amide bonds. The van der Waals surface area contributed by atoms with Gasteiger partial charge in [-0.05, 0) is 69.2 Å². The van der Waals surface area contributed by atoms with Gasteiger partial charge >= 0.3 is 0 Å². The Morgan fingerprint density at radius 3 is 2.76 bits per heavy atom. The van der Waals surface area contributed by atoms with Crippen LogP contribution in [0.15, 0.2) is 16.6 Å². The highest BCUT2D eigenvalue weighted by atomic mass is 79.9. The fourth-order valence-corrected chi connectivity index (χ4v) is 2.84. The molecule has 0 saturated heterocycles. The number of halogens is 1. The summed E-state index contributed by atoms with van der Waals surface area (Å²) in [5.74, 6) is 1.65. The molecule has 1 atom stereocenters. The lowest BCUT2D eigenvalue weighted by molar-refractivity contribution is 0.0891. The van der Waals surface area contributed by atoms with E-state index in [9.17, 15) is 0 Å². The van der Waals surface area contributed by atoms with Crippen LogP contribution in [0.4, 0.5) is 0 Å². The van der Waals surface area contributed by atoms with Crippen LogP contribution < -0.4 is 4.74 Å². The van der Waals surface area contributed by atoms with Crippen LogP contribution in [0.5, 0.6) is 5.75 Å². The zero-order valence-electron chi connectivity index (χ0n) is 11.1. The van der Waals surface area contributed by atoms with Crippen LogP contribution in [-0.4, -0.2) is 5.60 Å². The topological polar surface area (TPSA) is 9.23 Å². The third-order valence-electron chi connectivity index (χ3n) is 3.62. The first kappa shape index (κ1) is 12.9. The molecule has 1 aliphatic heterocycles. The van der Waals surface area contributed by atoms with Crippen molar-refractivity contribution in [3.05, 3.63) is 27.7 Å². The molecule has 0 aliphatic carbocycles. The molecule has 0 saturated carbocycles. The van der Waals surface area contributed by atoms with Gasteiger partial charge in [0.15, 0.2) is 0 Å². The zero-order valence-corrected chi connectivity index (χ0v) is 12.7. The van der Waals surface area contributed by atoms with Crippen LogP contribution in [-0.2, 0) is 0 Å². The van der Waals surface area contributed by atoms with Gasteiger partial charge in [0.25, 0.3) is 0 Å². The second-order valence-corrected chi connectivity index (χ2v) is 6.65. The Hall–Kier alpha value is -0.500. The summed E-state index contributed by atoms with van der Waals surface area (Å²) >= 11 is 3.62. The predicted molar refractivity (Wildman–Crippen MR) is 75.9 cm³/mol. The first-order chi connectivity index (χ1) is 7.89. The molecular weight excluding hydrogens is 276 g/mol. The monoisotopic (exact) mass is 296 g/mol. The van der Waals surface area contributed by atoms with Gasteiger partial charge < -0.3 is 4.74 Å². The Bertz CT molecular complexity index is 423. The van der Waals surface area contributed by atoms with E-state index >= 15 is 0 Å². The van der Waals surface area contributed by atoms with Crippen molar-refractivity contribution in [2.24, 2.45) is 0 Å². The van der Waals surface area contributed by atoms with Crippen molar-refractivity contribution in [2.45, 2.75) is 58.5 Å². The SMILES string of the molecule is Cc1cc2c(cc1Br)C(C)CCCC(C)(C)O2. The lowest BCUT2D eigenvalue weighted by Crippen LogP contribution is -2.30. The van der Waals surface area contributed by atoms with Gasteiger partial charge in [0.1, 0.15) is 11.4 Å². The molecule has 0 fully saturated rings. The lowest BCUT2D eigenvalue weighted by Gasteiger charge is -2.32. The maximum absolute atomic E-state index is 6.21. The minimum absolute atomic E-state index is 0.0465. The van der Waals surface area contributed by atoms with Crippen molar-refractivity contribution >= 4 is 15.9 Å². The molecule has 1 aliphatic rings. The van der Waals surface area contributed by atoms with Crippen molar-refractivity contribution in [3.8, 4) is 5.75 Å². The molecule has 1 aromatic rings. The normalized spacial score (nSPS) is 23.2. The maximum Gasteiger partial charge on any atom is 0.123 e. The van der Waals surface area contributed by atoms with Crippen LogP contribution >= 0.6 is 15.9 Å². The van der Waals surface area contributed by atoms with Crippen molar-refractivity contribution in [1.82, 2.24) is 0 Å². The molecule has 0 N–H and O–H groups in total. The number of fused-ring (bicyclic) bond motifs is 1. The average Bonchev–Trinajstić information content (AvgIpc) is 2.20. The summed E-state index contributed by atoms with van der Waals surface area (Å²) < 4.78 is 7.39. The van der Waals surface area contributed by atoms with Crippen LogP contribution in [0.3, 0.4) is 0 Å². The quantitative estimate of drug-likeness (QED) is 0.639. The molecule has 0 aromatic heterocycles. The van der Waals surface area contributed by atoms with Crippen molar-refractivity contribution in [3.63, 3.8) is 0 Å². The highest BCUT2D eigenvalue weighted by molar-refractivity contribution is 9.10. The first-order valence-corrected chi connectivity index (χ1v) is 7.17. The van der Waals surface area contributed by atoms with Crippen LogP contribution in [0, 0.1) is 6.92 Å². The van der Waals surface area contributed by atoms with E-state index in [1.165, 1.54) is 28.4 Å². The molecule has 1 heterocycles. The number of ether oxygens (including phenoxy) is 1. The molecule has 1 nitrogen and oxygen atoms in total. The van der Waals surface area contributed by atoms with Gasteiger partial charge in [-0.3, -0.25) is 0 Å². The summed E-state index contributed by atoms with van der Waals surface area (Å²) in [5.41, 5.74) is 2.54. The van der Waals surface area contributed by atoms with Gasteiger partial charge in [-0.15, -0.1) is 0 Å². The van der Waals surface area contributed by atoms with Gasteiger partial charge in [-0.1, -0.05) is 22.9 Å². The molecule has 1 unspecified atom stereocenters. The van der Waals surface area contributed by atoms with Gasteiger partial charge in [-0.25, -0.2) is 0 Å². The number of hydrogen-bond acceptors (Lipinski definition) is 1. The fourth-order valence-electron chi connectivity index (χ4n) is 2.48. The van der Waals surface area contributed by atoms with Crippen molar-refractivity contribution in [1.29, 1.82) is 0 Å². The summed E-state index contributed by atoms with van der Waals surface area (Å²) in [7, 11) is 0. The van der Waals surface area contributed by atoms with E-state index in [0.29, 0.717) is 5.92 Å². The van der Waals surface area contributed by atoms with E-state index < -0.39 is 0 Å². The summed E-state index contributed by atoms with van der Waals surface area (Å²) in [4.78, 5) is 0. The molecule has 17 heavy (non-hydrogen) atoms. The van der Waals surface area contributed by atoms with Crippen molar-refractivity contribution < 1.29 is 4.74 Å². The third kappa shape index (κ3) is 2.85. The second kappa shape index (κ2) is 4.64. The highest BCUT2D eigenvalue weighted by Gasteiger charge is 2.26. The molecule has 1 aromatic carbocycles. The van der Waals surface area contributed by atoms with E-state index in [-0.39, 0.29) is 5.60 Å². The number of benzene rings is 1. The van der Waals surface area contributed by atoms with E-state index in [2.05, 4.69) is 55.8 Å². The largest absolute Gasteiger partial charge is 0.488 e. The van der Waals surface area contributed by atoms with Gasteiger partial charge in [0, 0.05) is 4.47 Å². The summed E-state index contributed by atoms with van der Waals surface area (Å²) in [6.45, 7) is 8.78. The Kier molecular flexibility index (Phi) is 3.53. The molecule has 0 radical (unpaired) electrons. The molecular formula is C15H21BrO. The second-order valence-electron chi connectivity index (χ2n) is 5.79. The maximum atomic E-state index is 6.21. The summed E-state index contributed by atoms with van der Waals surface area (Å²) in [6, 6.07) is 4.40. The van der Waals surface area contributed by atoms with Gasteiger partial charge in [0.05, 0.1) is 0 Å². The average molecular weight is 297 g/mol. The number of aryl methyl sites for hydroxylation is 1. The standard InChI is InChI=1S/C15H21BrO/c1-10-6-5-7-15(3,4)17-14-8-11(2)13(16)9-12(10)14/h8-10H,5-7H2,1-4H3. The molecule has 94 valence electrons. The third-order valence-corrected chi connectivity index (χ3v) is 4.48. The minimum Gasteiger partial charge on any atom is -0.488 e. The smallest absolute Gasteiger partial charge is 0.123 e. The van der Waals surface area contributed by atoms with Gasteiger partial charge in [0.2, 0.25) is 0 Å². The summed E-state index contributed by atoms with van der Waals surface area (Å²) in [5, 5.41) is 0. The molecule has 2 heteroatoms.